The molecule has 84 valence electrons. The summed E-state index contributed by atoms with van der Waals surface area (Å²) in [5, 5.41) is 9.23. The van der Waals surface area contributed by atoms with Crippen molar-refractivity contribution in [1.29, 1.82) is 5.26 Å². The van der Waals surface area contributed by atoms with Gasteiger partial charge in [0.05, 0.1) is 11.6 Å². The largest absolute Gasteiger partial charge is 0.231 e. The van der Waals surface area contributed by atoms with E-state index in [4.69, 9.17) is 5.26 Å². The van der Waals surface area contributed by atoms with Gasteiger partial charge in [-0.3, -0.25) is 0 Å². The number of aromatic nitrogens is 2. The fourth-order valence-corrected chi connectivity index (χ4v) is 2.03. The van der Waals surface area contributed by atoms with Crippen molar-refractivity contribution in [2.45, 2.75) is 10.9 Å². The Morgan fingerprint density at radius 1 is 1.29 bits per heavy atom. The van der Waals surface area contributed by atoms with Crippen LogP contribution in [0.25, 0.3) is 0 Å². The zero-order chi connectivity index (χ0) is 12.1. The minimum Gasteiger partial charge on any atom is -0.231 e. The standard InChI is InChI=1S/C12H8FN3S/c13-11-6-9(7-14)2-3-10(11)8-17-12-15-4-1-5-16-12/h1-6H,8H2. The molecule has 1 aromatic heterocycles. The molecule has 0 fully saturated rings. The number of nitriles is 1. The maximum atomic E-state index is 13.5. The lowest BCUT2D eigenvalue weighted by molar-refractivity contribution is 0.617. The van der Waals surface area contributed by atoms with Gasteiger partial charge in [-0.1, -0.05) is 17.8 Å². The summed E-state index contributed by atoms with van der Waals surface area (Å²) in [5.74, 6) is 0.0779. The predicted octanol–water partition coefficient (Wildman–Crippen LogP) is 2.78. The highest BCUT2D eigenvalue weighted by Crippen LogP contribution is 2.20. The number of nitrogens with zero attached hydrogens (tertiary/aromatic N) is 3. The number of rotatable bonds is 3. The van der Waals surface area contributed by atoms with Gasteiger partial charge in [0.1, 0.15) is 5.82 Å². The molecule has 1 heterocycles. The van der Waals surface area contributed by atoms with E-state index in [9.17, 15) is 4.39 Å². The monoisotopic (exact) mass is 245 g/mol. The van der Waals surface area contributed by atoms with E-state index < -0.39 is 0 Å². The number of thioether (sulfide) groups is 1. The van der Waals surface area contributed by atoms with E-state index in [2.05, 4.69) is 9.97 Å². The van der Waals surface area contributed by atoms with Crippen LogP contribution < -0.4 is 0 Å². The number of halogens is 1. The van der Waals surface area contributed by atoms with Crippen LogP contribution in [0.4, 0.5) is 4.39 Å². The van der Waals surface area contributed by atoms with Crippen molar-refractivity contribution >= 4 is 11.8 Å². The third-order valence-corrected chi connectivity index (χ3v) is 3.01. The minimum absolute atomic E-state index is 0.326. The van der Waals surface area contributed by atoms with E-state index in [0.717, 1.165) is 0 Å². The third kappa shape index (κ3) is 3.02. The molecule has 0 amide bonds. The molecule has 0 aliphatic carbocycles. The number of hydrogen-bond acceptors (Lipinski definition) is 4. The van der Waals surface area contributed by atoms with E-state index in [-0.39, 0.29) is 5.82 Å². The molecule has 2 aromatic rings. The fourth-order valence-electron chi connectivity index (χ4n) is 1.24. The van der Waals surface area contributed by atoms with Crippen molar-refractivity contribution in [3.8, 4) is 6.07 Å². The summed E-state index contributed by atoms with van der Waals surface area (Å²) < 4.78 is 13.5. The molecule has 0 unspecified atom stereocenters. The average molecular weight is 245 g/mol. The normalized spacial score (nSPS) is 9.88. The van der Waals surface area contributed by atoms with Crippen molar-refractivity contribution in [3.05, 3.63) is 53.6 Å². The first-order valence-electron chi connectivity index (χ1n) is 4.88. The maximum Gasteiger partial charge on any atom is 0.187 e. The van der Waals surface area contributed by atoms with Gasteiger partial charge in [-0.2, -0.15) is 5.26 Å². The lowest BCUT2D eigenvalue weighted by atomic mass is 10.1. The van der Waals surface area contributed by atoms with E-state index in [1.807, 2.05) is 6.07 Å². The summed E-state index contributed by atoms with van der Waals surface area (Å²) in [4.78, 5) is 8.07. The van der Waals surface area contributed by atoms with Crippen LogP contribution in [0.2, 0.25) is 0 Å². The van der Waals surface area contributed by atoms with E-state index >= 15 is 0 Å². The highest BCUT2D eigenvalue weighted by atomic mass is 32.2. The smallest absolute Gasteiger partial charge is 0.187 e. The molecule has 5 heteroatoms. The van der Waals surface area contributed by atoms with Crippen LogP contribution in [0.5, 0.6) is 0 Å². The third-order valence-electron chi connectivity index (χ3n) is 2.08. The van der Waals surface area contributed by atoms with Crippen LogP contribution in [0.1, 0.15) is 11.1 Å². The quantitative estimate of drug-likeness (QED) is 0.616. The molecule has 0 N–H and O–H groups in total. The highest BCUT2D eigenvalue weighted by Gasteiger charge is 2.05. The van der Waals surface area contributed by atoms with Crippen LogP contribution in [0, 0.1) is 17.1 Å². The SMILES string of the molecule is N#Cc1ccc(CSc2ncccn2)c(F)c1. The molecule has 0 atom stereocenters. The first kappa shape index (κ1) is 11.6. The van der Waals surface area contributed by atoms with Crippen LogP contribution in [0.3, 0.4) is 0 Å². The van der Waals surface area contributed by atoms with Gasteiger partial charge in [0, 0.05) is 18.1 Å². The Morgan fingerprint density at radius 3 is 2.71 bits per heavy atom. The summed E-state index contributed by atoms with van der Waals surface area (Å²) in [6, 6.07) is 8.08. The molecule has 0 aliphatic rings. The van der Waals surface area contributed by atoms with Crippen LogP contribution in [-0.2, 0) is 5.75 Å². The number of hydrogen-bond donors (Lipinski definition) is 0. The van der Waals surface area contributed by atoms with Gasteiger partial charge >= 0.3 is 0 Å². The molecule has 0 saturated heterocycles. The van der Waals surface area contributed by atoms with Gasteiger partial charge in [-0.15, -0.1) is 0 Å². The molecular formula is C12H8FN3S. The van der Waals surface area contributed by atoms with Crippen LogP contribution in [0.15, 0.2) is 41.8 Å². The second kappa shape index (κ2) is 5.41. The Kier molecular flexibility index (Phi) is 3.68. The molecule has 2 rings (SSSR count). The van der Waals surface area contributed by atoms with Crippen molar-refractivity contribution in [3.63, 3.8) is 0 Å². The Balaban J connectivity index is 2.08. The Morgan fingerprint density at radius 2 is 2.06 bits per heavy atom. The molecule has 3 nitrogen and oxygen atoms in total. The second-order valence-electron chi connectivity index (χ2n) is 3.24. The highest BCUT2D eigenvalue weighted by molar-refractivity contribution is 7.98. The summed E-state index contributed by atoms with van der Waals surface area (Å²) in [6.07, 6.45) is 3.29. The van der Waals surface area contributed by atoms with Gasteiger partial charge in [0.15, 0.2) is 5.16 Å². The summed E-state index contributed by atoms with van der Waals surface area (Å²) >= 11 is 1.36. The lowest BCUT2D eigenvalue weighted by Crippen LogP contribution is -1.90. The van der Waals surface area contributed by atoms with Crippen LogP contribution in [-0.4, -0.2) is 9.97 Å². The average Bonchev–Trinajstić information content (AvgIpc) is 2.38. The zero-order valence-corrected chi connectivity index (χ0v) is 9.62. The maximum absolute atomic E-state index is 13.5. The van der Waals surface area contributed by atoms with E-state index in [0.29, 0.717) is 22.0 Å². The van der Waals surface area contributed by atoms with Crippen LogP contribution >= 0.6 is 11.8 Å². The first-order valence-corrected chi connectivity index (χ1v) is 5.86. The molecule has 17 heavy (non-hydrogen) atoms. The Labute approximate surface area is 102 Å². The predicted molar refractivity (Wildman–Crippen MR) is 62.7 cm³/mol. The fraction of sp³-hybridized carbons (Fsp3) is 0.0833. The van der Waals surface area contributed by atoms with Crippen molar-refractivity contribution in [2.75, 3.05) is 0 Å². The van der Waals surface area contributed by atoms with Gasteiger partial charge in [0.2, 0.25) is 0 Å². The number of benzene rings is 1. The van der Waals surface area contributed by atoms with Gasteiger partial charge in [0.25, 0.3) is 0 Å². The van der Waals surface area contributed by atoms with Crippen molar-refractivity contribution in [2.24, 2.45) is 0 Å². The Hall–Kier alpha value is -1.93. The van der Waals surface area contributed by atoms with Gasteiger partial charge in [-0.25, -0.2) is 14.4 Å². The lowest BCUT2D eigenvalue weighted by Gasteiger charge is -2.02. The molecule has 1 aromatic carbocycles. The first-order chi connectivity index (χ1) is 8.29. The molecule has 0 spiro atoms. The zero-order valence-electron chi connectivity index (χ0n) is 8.80. The summed E-state index contributed by atoms with van der Waals surface area (Å²) in [5.41, 5.74) is 0.869. The molecule has 0 aliphatic heterocycles. The topological polar surface area (TPSA) is 49.6 Å². The summed E-state index contributed by atoms with van der Waals surface area (Å²) in [7, 11) is 0. The van der Waals surface area contributed by atoms with E-state index in [1.54, 1.807) is 30.6 Å². The summed E-state index contributed by atoms with van der Waals surface area (Å²) in [6.45, 7) is 0. The van der Waals surface area contributed by atoms with Crippen molar-refractivity contribution in [1.82, 2.24) is 9.97 Å². The van der Waals surface area contributed by atoms with Gasteiger partial charge in [-0.05, 0) is 23.8 Å². The van der Waals surface area contributed by atoms with Gasteiger partial charge < -0.3 is 0 Å². The van der Waals surface area contributed by atoms with Crippen molar-refractivity contribution < 1.29 is 4.39 Å². The minimum atomic E-state index is -0.368. The Bertz CT molecular complexity index is 551. The molecule has 0 saturated carbocycles. The molecule has 0 bridgehead atoms. The second-order valence-corrected chi connectivity index (χ2v) is 4.18. The molecule has 0 radical (unpaired) electrons. The van der Waals surface area contributed by atoms with E-state index in [1.165, 1.54) is 17.8 Å². The molecular weight excluding hydrogens is 237 g/mol.